The lowest BCUT2D eigenvalue weighted by molar-refractivity contribution is -0.136. The Morgan fingerprint density at radius 3 is 2.67 bits per heavy atom. The quantitative estimate of drug-likeness (QED) is 0.630. The molecule has 0 aliphatic carbocycles. The van der Waals surface area contributed by atoms with Crippen LogP contribution in [0.5, 0.6) is 0 Å². The summed E-state index contributed by atoms with van der Waals surface area (Å²) in [7, 11) is 0. The minimum Gasteiger partial charge on any atom is -0.480 e. The largest absolute Gasteiger partial charge is 0.480 e. The Hall–Kier alpha value is -1.95. The van der Waals surface area contributed by atoms with Crippen LogP contribution in [-0.2, 0) is 11.3 Å². The predicted molar refractivity (Wildman–Crippen MR) is 50.5 cm³/mol. The Labute approximate surface area is 85.6 Å². The van der Waals surface area contributed by atoms with Crippen molar-refractivity contribution in [3.05, 3.63) is 29.6 Å². The highest BCUT2D eigenvalue weighted by Crippen LogP contribution is 1.98. The summed E-state index contributed by atoms with van der Waals surface area (Å²) in [6.45, 7) is 0.0480. The van der Waals surface area contributed by atoms with Gasteiger partial charge in [0.15, 0.2) is 0 Å². The lowest BCUT2D eigenvalue weighted by Crippen LogP contribution is -2.22. The van der Waals surface area contributed by atoms with Crippen molar-refractivity contribution < 1.29 is 19.8 Å². The first-order chi connectivity index (χ1) is 7.09. The van der Waals surface area contributed by atoms with E-state index in [4.69, 9.17) is 10.2 Å². The number of carbonyl (C=O) groups is 2. The Bertz CT molecular complexity index is 378. The average Bonchev–Trinajstić information content (AvgIpc) is 2.17. The number of aromatic nitrogens is 1. The highest BCUT2D eigenvalue weighted by molar-refractivity contribution is 5.85. The van der Waals surface area contributed by atoms with Crippen molar-refractivity contribution in [1.82, 2.24) is 10.3 Å². The SMILES string of the molecule is O=C(O)CNCc1cccc(C(=O)O)n1. The molecule has 0 unspecified atom stereocenters. The second kappa shape index (κ2) is 5.06. The fraction of sp³-hybridized carbons (Fsp3) is 0.222. The summed E-state index contributed by atoms with van der Waals surface area (Å²) in [6, 6.07) is 4.57. The molecule has 0 aromatic carbocycles. The summed E-state index contributed by atoms with van der Waals surface area (Å²) >= 11 is 0. The Morgan fingerprint density at radius 1 is 1.33 bits per heavy atom. The number of carboxylic acids is 2. The summed E-state index contributed by atoms with van der Waals surface area (Å²) in [5.74, 6) is -2.07. The van der Waals surface area contributed by atoms with Crippen molar-refractivity contribution in [2.75, 3.05) is 6.54 Å². The number of aliphatic carboxylic acids is 1. The fourth-order valence-electron chi connectivity index (χ4n) is 0.995. The molecule has 0 amide bonds. The Balaban J connectivity index is 2.58. The average molecular weight is 210 g/mol. The van der Waals surface area contributed by atoms with Gasteiger partial charge in [-0.05, 0) is 12.1 Å². The van der Waals surface area contributed by atoms with Gasteiger partial charge in [-0.25, -0.2) is 9.78 Å². The summed E-state index contributed by atoms with van der Waals surface area (Å²) in [5, 5.41) is 19.6. The minimum absolute atomic E-state index is 0.0513. The predicted octanol–water partition coefficient (Wildman–Crippen LogP) is -0.0460. The highest BCUT2D eigenvalue weighted by Gasteiger charge is 2.04. The number of hydrogen-bond donors (Lipinski definition) is 3. The van der Waals surface area contributed by atoms with Crippen LogP contribution in [-0.4, -0.2) is 33.7 Å². The van der Waals surface area contributed by atoms with E-state index in [2.05, 4.69) is 10.3 Å². The van der Waals surface area contributed by atoms with Crippen LogP contribution < -0.4 is 5.32 Å². The molecular formula is C9H10N2O4. The second-order valence-corrected chi connectivity index (χ2v) is 2.82. The third-order valence-electron chi connectivity index (χ3n) is 1.61. The molecule has 1 aromatic heterocycles. The van der Waals surface area contributed by atoms with E-state index in [1.807, 2.05) is 0 Å². The van der Waals surface area contributed by atoms with Gasteiger partial charge in [-0.1, -0.05) is 6.07 Å². The summed E-state index contributed by atoms with van der Waals surface area (Å²) < 4.78 is 0. The van der Waals surface area contributed by atoms with Crippen LogP contribution in [0, 0.1) is 0 Å². The molecule has 80 valence electrons. The van der Waals surface area contributed by atoms with Crippen LogP contribution in [0.15, 0.2) is 18.2 Å². The number of carboxylic acid groups (broad SMARTS) is 2. The van der Waals surface area contributed by atoms with Crippen LogP contribution in [0.1, 0.15) is 16.2 Å². The van der Waals surface area contributed by atoms with Gasteiger partial charge in [0.25, 0.3) is 0 Å². The van der Waals surface area contributed by atoms with Crippen LogP contribution in [0.2, 0.25) is 0 Å². The molecule has 0 saturated heterocycles. The van der Waals surface area contributed by atoms with E-state index in [1.165, 1.54) is 6.07 Å². The van der Waals surface area contributed by atoms with E-state index in [-0.39, 0.29) is 18.8 Å². The van der Waals surface area contributed by atoms with Gasteiger partial charge in [0.2, 0.25) is 0 Å². The molecule has 0 radical (unpaired) electrons. The molecular weight excluding hydrogens is 200 g/mol. The first-order valence-corrected chi connectivity index (χ1v) is 4.21. The summed E-state index contributed by atoms with van der Waals surface area (Å²) in [4.78, 5) is 24.6. The molecule has 1 aromatic rings. The lowest BCUT2D eigenvalue weighted by Gasteiger charge is -2.02. The summed E-state index contributed by atoms with van der Waals surface area (Å²) in [5.41, 5.74) is 0.445. The van der Waals surface area contributed by atoms with Crippen molar-refractivity contribution in [3.8, 4) is 0 Å². The zero-order valence-corrected chi connectivity index (χ0v) is 7.80. The number of pyridine rings is 1. The van der Waals surface area contributed by atoms with E-state index in [0.29, 0.717) is 5.69 Å². The maximum absolute atomic E-state index is 10.6. The number of aromatic carboxylic acids is 1. The van der Waals surface area contributed by atoms with Crippen molar-refractivity contribution in [1.29, 1.82) is 0 Å². The molecule has 0 aliphatic heterocycles. The smallest absolute Gasteiger partial charge is 0.354 e. The van der Waals surface area contributed by atoms with Gasteiger partial charge in [0, 0.05) is 6.54 Å². The third kappa shape index (κ3) is 3.74. The number of hydrogen-bond acceptors (Lipinski definition) is 4. The van der Waals surface area contributed by atoms with E-state index < -0.39 is 11.9 Å². The molecule has 0 atom stereocenters. The molecule has 0 fully saturated rings. The highest BCUT2D eigenvalue weighted by atomic mass is 16.4. The number of nitrogens with one attached hydrogen (secondary N) is 1. The van der Waals surface area contributed by atoms with Crippen LogP contribution in [0.4, 0.5) is 0 Å². The van der Waals surface area contributed by atoms with Gasteiger partial charge in [-0.3, -0.25) is 4.79 Å². The monoisotopic (exact) mass is 210 g/mol. The zero-order chi connectivity index (χ0) is 11.3. The topological polar surface area (TPSA) is 99.5 Å². The molecule has 0 bridgehead atoms. The van der Waals surface area contributed by atoms with Crippen LogP contribution >= 0.6 is 0 Å². The standard InChI is InChI=1S/C9H10N2O4/c12-8(13)5-10-4-6-2-1-3-7(11-6)9(14)15/h1-3,10H,4-5H2,(H,12,13)(H,14,15). The summed E-state index contributed by atoms with van der Waals surface area (Å²) in [6.07, 6.45) is 0. The lowest BCUT2D eigenvalue weighted by atomic mass is 10.3. The van der Waals surface area contributed by atoms with Gasteiger partial charge in [-0.2, -0.15) is 0 Å². The minimum atomic E-state index is -1.10. The van der Waals surface area contributed by atoms with Crippen molar-refractivity contribution in [2.24, 2.45) is 0 Å². The van der Waals surface area contributed by atoms with E-state index in [0.717, 1.165) is 0 Å². The molecule has 6 nitrogen and oxygen atoms in total. The number of nitrogens with zero attached hydrogens (tertiary/aromatic N) is 1. The molecule has 15 heavy (non-hydrogen) atoms. The molecule has 1 heterocycles. The number of rotatable bonds is 5. The first kappa shape index (κ1) is 11.1. The van der Waals surface area contributed by atoms with Gasteiger partial charge in [-0.15, -0.1) is 0 Å². The molecule has 0 aliphatic rings. The third-order valence-corrected chi connectivity index (χ3v) is 1.61. The van der Waals surface area contributed by atoms with Crippen LogP contribution in [0.3, 0.4) is 0 Å². The Morgan fingerprint density at radius 2 is 2.07 bits per heavy atom. The van der Waals surface area contributed by atoms with E-state index in [9.17, 15) is 9.59 Å². The Kier molecular flexibility index (Phi) is 3.75. The molecule has 3 N–H and O–H groups in total. The van der Waals surface area contributed by atoms with Gasteiger partial charge >= 0.3 is 11.9 Å². The van der Waals surface area contributed by atoms with Gasteiger partial charge < -0.3 is 15.5 Å². The van der Waals surface area contributed by atoms with Gasteiger partial charge in [0.05, 0.1) is 12.2 Å². The molecule has 1 rings (SSSR count). The van der Waals surface area contributed by atoms with Gasteiger partial charge in [0.1, 0.15) is 5.69 Å². The molecule has 6 heteroatoms. The van der Waals surface area contributed by atoms with Crippen molar-refractivity contribution in [2.45, 2.75) is 6.54 Å². The molecule has 0 spiro atoms. The zero-order valence-electron chi connectivity index (χ0n) is 7.80. The fourth-order valence-corrected chi connectivity index (χ4v) is 0.995. The maximum atomic E-state index is 10.6. The van der Waals surface area contributed by atoms with Crippen LogP contribution in [0.25, 0.3) is 0 Å². The van der Waals surface area contributed by atoms with Crippen molar-refractivity contribution >= 4 is 11.9 Å². The molecule has 0 saturated carbocycles. The van der Waals surface area contributed by atoms with E-state index >= 15 is 0 Å². The normalized spacial score (nSPS) is 9.87. The second-order valence-electron chi connectivity index (χ2n) is 2.82. The maximum Gasteiger partial charge on any atom is 0.354 e. The van der Waals surface area contributed by atoms with E-state index in [1.54, 1.807) is 12.1 Å². The van der Waals surface area contributed by atoms with Crippen molar-refractivity contribution in [3.63, 3.8) is 0 Å². The first-order valence-electron chi connectivity index (χ1n) is 4.21.